The second-order valence-electron chi connectivity index (χ2n) is 5.79. The molecule has 1 saturated carbocycles. The van der Waals surface area contributed by atoms with Crippen LogP contribution in [-0.2, 0) is 16.0 Å². The molecule has 1 aromatic rings. The summed E-state index contributed by atoms with van der Waals surface area (Å²) in [5.74, 6) is 0.618. The molecule has 2 aliphatic rings. The van der Waals surface area contributed by atoms with Crippen LogP contribution in [0.4, 0.5) is 0 Å². The van der Waals surface area contributed by atoms with Crippen LogP contribution in [0.1, 0.15) is 30.1 Å². The van der Waals surface area contributed by atoms with Gasteiger partial charge in [-0.15, -0.1) is 0 Å². The van der Waals surface area contributed by atoms with Crippen LogP contribution in [0.5, 0.6) is 0 Å². The molecule has 3 rings (SSSR count). The fourth-order valence-corrected chi connectivity index (χ4v) is 3.09. The molecule has 1 amide bonds. The molecule has 108 valence electrons. The van der Waals surface area contributed by atoms with Crippen LogP contribution in [0.25, 0.3) is 0 Å². The molecule has 1 aliphatic heterocycles. The summed E-state index contributed by atoms with van der Waals surface area (Å²) in [5.41, 5.74) is 8.08. The lowest BCUT2D eigenvalue weighted by atomic mass is 9.96. The molecule has 2 atom stereocenters. The molecule has 0 aromatic heterocycles. The van der Waals surface area contributed by atoms with Gasteiger partial charge in [0, 0.05) is 19.6 Å². The monoisotopic (exact) mass is 274 g/mol. The van der Waals surface area contributed by atoms with Gasteiger partial charge in [-0.05, 0) is 36.3 Å². The molecule has 4 nitrogen and oxygen atoms in total. The van der Waals surface area contributed by atoms with Gasteiger partial charge in [0.2, 0.25) is 0 Å². The van der Waals surface area contributed by atoms with Crippen molar-refractivity contribution in [2.75, 3.05) is 20.2 Å². The van der Waals surface area contributed by atoms with Crippen LogP contribution in [0, 0.1) is 5.92 Å². The maximum absolute atomic E-state index is 12.7. The molecule has 4 heteroatoms. The molecule has 20 heavy (non-hydrogen) atoms. The second kappa shape index (κ2) is 5.54. The van der Waals surface area contributed by atoms with Crippen molar-refractivity contribution >= 4 is 5.91 Å². The Hall–Kier alpha value is -1.39. The minimum absolute atomic E-state index is 0.0412. The third-order valence-corrected chi connectivity index (χ3v) is 4.47. The smallest absolute Gasteiger partial charge is 0.256 e. The van der Waals surface area contributed by atoms with Crippen LogP contribution in [-0.4, -0.2) is 37.0 Å². The lowest BCUT2D eigenvalue weighted by molar-refractivity contribution is -0.146. The number of ether oxygens (including phenoxy) is 1. The molecule has 2 N–H and O–H groups in total. The van der Waals surface area contributed by atoms with Gasteiger partial charge in [0.05, 0.1) is 6.61 Å². The molecular formula is C16H22N2O2. The van der Waals surface area contributed by atoms with E-state index in [4.69, 9.17) is 10.5 Å². The first kappa shape index (κ1) is 13.6. The normalized spacial score (nSPS) is 23.0. The first-order valence-electron chi connectivity index (χ1n) is 7.38. The highest BCUT2D eigenvalue weighted by atomic mass is 16.5. The second-order valence-corrected chi connectivity index (χ2v) is 5.79. The van der Waals surface area contributed by atoms with E-state index in [-0.39, 0.29) is 11.9 Å². The van der Waals surface area contributed by atoms with Crippen molar-refractivity contribution in [3.63, 3.8) is 0 Å². The Kier molecular flexibility index (Phi) is 3.76. The predicted molar refractivity (Wildman–Crippen MR) is 77.2 cm³/mol. The van der Waals surface area contributed by atoms with Gasteiger partial charge in [0.15, 0.2) is 6.10 Å². The van der Waals surface area contributed by atoms with E-state index < -0.39 is 6.10 Å². The summed E-state index contributed by atoms with van der Waals surface area (Å²) in [5, 5.41) is 0. The maximum atomic E-state index is 12.7. The minimum atomic E-state index is -0.460. The highest BCUT2D eigenvalue weighted by Crippen LogP contribution is 2.36. The van der Waals surface area contributed by atoms with Crippen molar-refractivity contribution in [1.29, 1.82) is 0 Å². The summed E-state index contributed by atoms with van der Waals surface area (Å²) in [7, 11) is 1.86. The fourth-order valence-electron chi connectivity index (χ4n) is 3.09. The minimum Gasteiger partial charge on any atom is -0.363 e. The summed E-state index contributed by atoms with van der Waals surface area (Å²) in [6.07, 6.45) is 2.79. The Balaban J connectivity index is 1.80. The van der Waals surface area contributed by atoms with Gasteiger partial charge >= 0.3 is 0 Å². The number of carbonyl (C=O) groups excluding carboxylic acids is 1. The van der Waals surface area contributed by atoms with Crippen molar-refractivity contribution < 1.29 is 9.53 Å². The van der Waals surface area contributed by atoms with Gasteiger partial charge in [0.25, 0.3) is 5.91 Å². The zero-order valence-electron chi connectivity index (χ0n) is 11.9. The van der Waals surface area contributed by atoms with Crippen molar-refractivity contribution in [3.05, 3.63) is 35.4 Å². The predicted octanol–water partition coefficient (Wildman–Crippen LogP) is 1.50. The molecule has 0 saturated heterocycles. The van der Waals surface area contributed by atoms with Crippen molar-refractivity contribution in [2.24, 2.45) is 11.7 Å². The van der Waals surface area contributed by atoms with Crippen molar-refractivity contribution in [2.45, 2.75) is 31.4 Å². The number of benzene rings is 1. The summed E-state index contributed by atoms with van der Waals surface area (Å²) >= 11 is 0. The number of hydrogen-bond donors (Lipinski definition) is 1. The van der Waals surface area contributed by atoms with Crippen LogP contribution in [0.15, 0.2) is 24.3 Å². The standard InChI is InChI=1S/C16H22N2O2/c1-18(14(10-17)12-6-7-12)16(19)15-13-5-3-2-4-11(13)8-9-20-15/h2-5,12,14-15H,6-10,17H2,1H3. The number of fused-ring (bicyclic) bond motifs is 1. The Labute approximate surface area is 119 Å². The highest BCUT2D eigenvalue weighted by Gasteiger charge is 2.38. The lowest BCUT2D eigenvalue weighted by Crippen LogP contribution is -2.46. The summed E-state index contributed by atoms with van der Waals surface area (Å²) in [4.78, 5) is 14.5. The number of nitrogens with two attached hydrogens (primary N) is 1. The summed E-state index contributed by atoms with van der Waals surface area (Å²) in [6.45, 7) is 1.14. The van der Waals surface area contributed by atoms with E-state index in [0.29, 0.717) is 19.1 Å². The van der Waals surface area contributed by atoms with Crippen LogP contribution < -0.4 is 5.73 Å². The first-order valence-corrected chi connectivity index (χ1v) is 7.38. The van der Waals surface area contributed by atoms with Gasteiger partial charge in [-0.2, -0.15) is 0 Å². The topological polar surface area (TPSA) is 55.6 Å². The molecule has 2 unspecified atom stereocenters. The number of rotatable bonds is 4. The quantitative estimate of drug-likeness (QED) is 0.905. The van der Waals surface area contributed by atoms with Gasteiger partial charge in [-0.3, -0.25) is 4.79 Å². The Morgan fingerprint density at radius 2 is 2.20 bits per heavy atom. The van der Waals surface area contributed by atoms with E-state index in [1.807, 2.05) is 30.1 Å². The Bertz CT molecular complexity index is 499. The SMILES string of the molecule is CN(C(=O)C1OCCc2ccccc21)C(CN)C1CC1. The maximum Gasteiger partial charge on any atom is 0.256 e. The fraction of sp³-hybridized carbons (Fsp3) is 0.562. The molecule has 0 bridgehead atoms. The molecular weight excluding hydrogens is 252 g/mol. The molecule has 1 aliphatic carbocycles. The van der Waals surface area contributed by atoms with Crippen LogP contribution >= 0.6 is 0 Å². The molecule has 1 heterocycles. The van der Waals surface area contributed by atoms with Crippen LogP contribution in [0.2, 0.25) is 0 Å². The Morgan fingerprint density at radius 3 is 2.90 bits per heavy atom. The third-order valence-electron chi connectivity index (χ3n) is 4.47. The van der Waals surface area contributed by atoms with Gasteiger partial charge in [-0.25, -0.2) is 0 Å². The van der Waals surface area contributed by atoms with Crippen molar-refractivity contribution in [3.8, 4) is 0 Å². The van der Waals surface area contributed by atoms with E-state index in [0.717, 1.165) is 12.0 Å². The van der Waals surface area contributed by atoms with E-state index >= 15 is 0 Å². The van der Waals surface area contributed by atoms with Crippen molar-refractivity contribution in [1.82, 2.24) is 4.90 Å². The van der Waals surface area contributed by atoms with Gasteiger partial charge in [-0.1, -0.05) is 24.3 Å². The number of hydrogen-bond acceptors (Lipinski definition) is 3. The highest BCUT2D eigenvalue weighted by molar-refractivity contribution is 5.83. The number of likely N-dealkylation sites (N-methyl/N-ethyl adjacent to an activating group) is 1. The molecule has 1 fully saturated rings. The number of amides is 1. The van der Waals surface area contributed by atoms with Gasteiger partial charge < -0.3 is 15.4 Å². The van der Waals surface area contributed by atoms with Gasteiger partial charge in [0.1, 0.15) is 0 Å². The van der Waals surface area contributed by atoms with Crippen LogP contribution in [0.3, 0.4) is 0 Å². The summed E-state index contributed by atoms with van der Waals surface area (Å²) in [6, 6.07) is 8.22. The first-order chi connectivity index (χ1) is 9.72. The average Bonchev–Trinajstić information content (AvgIpc) is 3.31. The zero-order valence-corrected chi connectivity index (χ0v) is 11.9. The molecule has 0 spiro atoms. The summed E-state index contributed by atoms with van der Waals surface area (Å²) < 4.78 is 5.75. The molecule has 0 radical (unpaired) electrons. The number of carbonyl (C=O) groups is 1. The van der Waals surface area contributed by atoms with E-state index in [9.17, 15) is 4.79 Å². The Morgan fingerprint density at radius 1 is 1.45 bits per heavy atom. The largest absolute Gasteiger partial charge is 0.363 e. The number of nitrogens with zero attached hydrogens (tertiary/aromatic N) is 1. The van der Waals surface area contributed by atoms with E-state index in [1.54, 1.807) is 0 Å². The van der Waals surface area contributed by atoms with E-state index in [2.05, 4.69) is 6.07 Å². The lowest BCUT2D eigenvalue weighted by Gasteiger charge is -2.33. The zero-order chi connectivity index (χ0) is 14.1. The molecule has 1 aromatic carbocycles. The third kappa shape index (κ3) is 2.45. The average molecular weight is 274 g/mol. The van der Waals surface area contributed by atoms with E-state index in [1.165, 1.54) is 18.4 Å².